The first kappa shape index (κ1) is 18.7. The van der Waals surface area contributed by atoms with Crippen LogP contribution in [0.4, 0.5) is 5.69 Å². The fourth-order valence-corrected chi connectivity index (χ4v) is 2.88. The average molecular weight is 370 g/mol. The highest BCUT2D eigenvalue weighted by atomic mass is 16.5. The van der Waals surface area contributed by atoms with Crippen LogP contribution in [0.5, 0.6) is 5.75 Å². The summed E-state index contributed by atoms with van der Waals surface area (Å²) in [5, 5.41) is 15.2. The summed E-state index contributed by atoms with van der Waals surface area (Å²) in [5.74, 6) is -0.475. The van der Waals surface area contributed by atoms with Crippen molar-refractivity contribution in [3.05, 3.63) is 59.7 Å². The summed E-state index contributed by atoms with van der Waals surface area (Å²) in [6.45, 7) is 2.38. The van der Waals surface area contributed by atoms with Crippen LogP contribution < -0.4 is 15.4 Å². The number of carbonyl (C=O) groups is 2. The molecule has 0 saturated carbocycles. The molecule has 0 radical (unpaired) electrons. The molecule has 2 atom stereocenters. The van der Waals surface area contributed by atoms with Crippen LogP contribution in [0.3, 0.4) is 0 Å². The van der Waals surface area contributed by atoms with Gasteiger partial charge in [-0.2, -0.15) is 0 Å². The minimum atomic E-state index is -0.975. The molecule has 3 rings (SSSR count). The van der Waals surface area contributed by atoms with E-state index in [1.165, 1.54) is 0 Å². The van der Waals surface area contributed by atoms with Gasteiger partial charge in [0.05, 0.1) is 5.56 Å². The second-order valence-corrected chi connectivity index (χ2v) is 6.16. The van der Waals surface area contributed by atoms with Gasteiger partial charge >= 0.3 is 5.97 Å². The molecule has 7 heteroatoms. The summed E-state index contributed by atoms with van der Waals surface area (Å²) in [7, 11) is 0. The second kappa shape index (κ2) is 8.55. The zero-order valence-electron chi connectivity index (χ0n) is 15.0. The molecule has 27 heavy (non-hydrogen) atoms. The standard InChI is InChI=1S/C20H22N2O5/c1-2-26-17(20(24)25)11-13-7-9-14(10-8-13)27-12-18-21-16-6-4-3-5-15(16)19(23)22-18/h3-10,17-18,21H,2,11-12H2,1H3,(H,22,23)(H,24,25). The van der Waals surface area contributed by atoms with Gasteiger partial charge in [0.25, 0.3) is 5.91 Å². The van der Waals surface area contributed by atoms with Crippen molar-refractivity contribution in [3.8, 4) is 5.75 Å². The Kier molecular flexibility index (Phi) is 5.93. The number of hydrogen-bond donors (Lipinski definition) is 3. The minimum absolute atomic E-state index is 0.135. The molecule has 1 heterocycles. The number of carbonyl (C=O) groups excluding carboxylic acids is 1. The topological polar surface area (TPSA) is 96.9 Å². The first-order valence-electron chi connectivity index (χ1n) is 8.79. The van der Waals surface area contributed by atoms with Crippen LogP contribution in [0.2, 0.25) is 0 Å². The van der Waals surface area contributed by atoms with Crippen LogP contribution >= 0.6 is 0 Å². The molecule has 2 aromatic rings. The van der Waals surface area contributed by atoms with E-state index in [0.717, 1.165) is 11.3 Å². The van der Waals surface area contributed by atoms with E-state index < -0.39 is 12.1 Å². The van der Waals surface area contributed by atoms with Gasteiger partial charge in [-0.05, 0) is 36.8 Å². The number of anilines is 1. The highest BCUT2D eigenvalue weighted by Crippen LogP contribution is 2.20. The van der Waals surface area contributed by atoms with Crippen LogP contribution in [0.15, 0.2) is 48.5 Å². The van der Waals surface area contributed by atoms with Crippen molar-refractivity contribution in [2.45, 2.75) is 25.6 Å². The summed E-state index contributed by atoms with van der Waals surface area (Å²) in [5.41, 5.74) is 2.24. The Labute approximate surface area is 157 Å². The lowest BCUT2D eigenvalue weighted by Crippen LogP contribution is -2.48. The summed E-state index contributed by atoms with van der Waals surface area (Å²) in [6.07, 6.45) is -0.898. The first-order chi connectivity index (χ1) is 13.1. The third kappa shape index (κ3) is 4.77. The van der Waals surface area contributed by atoms with Crippen LogP contribution in [-0.2, 0) is 16.0 Å². The van der Waals surface area contributed by atoms with Gasteiger partial charge in [0.1, 0.15) is 18.5 Å². The number of carboxylic acid groups (broad SMARTS) is 1. The highest BCUT2D eigenvalue weighted by molar-refractivity contribution is 6.01. The van der Waals surface area contributed by atoms with Crippen LogP contribution in [0, 0.1) is 0 Å². The van der Waals surface area contributed by atoms with E-state index in [9.17, 15) is 9.59 Å². The van der Waals surface area contributed by atoms with Crippen LogP contribution in [-0.4, -0.2) is 42.5 Å². The van der Waals surface area contributed by atoms with E-state index >= 15 is 0 Å². The Hall–Kier alpha value is -3.06. The number of ether oxygens (including phenoxy) is 2. The largest absolute Gasteiger partial charge is 0.489 e. The molecule has 0 bridgehead atoms. The number of benzene rings is 2. The molecule has 2 aromatic carbocycles. The molecule has 1 aliphatic heterocycles. The summed E-state index contributed by atoms with van der Waals surface area (Å²) >= 11 is 0. The summed E-state index contributed by atoms with van der Waals surface area (Å²) in [6, 6.07) is 14.5. The summed E-state index contributed by atoms with van der Waals surface area (Å²) in [4.78, 5) is 23.3. The van der Waals surface area contributed by atoms with E-state index in [1.807, 2.05) is 30.3 Å². The third-order valence-corrected chi connectivity index (χ3v) is 4.21. The number of rotatable bonds is 8. The lowest BCUT2D eigenvalue weighted by atomic mass is 10.1. The zero-order chi connectivity index (χ0) is 19.2. The Morgan fingerprint density at radius 1 is 1.15 bits per heavy atom. The number of hydrogen-bond acceptors (Lipinski definition) is 5. The maximum atomic E-state index is 12.1. The number of carboxylic acids is 1. The molecule has 7 nitrogen and oxygen atoms in total. The number of aliphatic carboxylic acids is 1. The Morgan fingerprint density at radius 3 is 2.59 bits per heavy atom. The van der Waals surface area contributed by atoms with Gasteiger partial charge in [0.15, 0.2) is 6.10 Å². The molecule has 0 aliphatic carbocycles. The molecular formula is C20H22N2O5. The van der Waals surface area contributed by atoms with Crippen molar-refractivity contribution in [2.75, 3.05) is 18.5 Å². The molecule has 0 saturated heterocycles. The Balaban J connectivity index is 1.55. The van der Waals surface area contributed by atoms with E-state index in [4.69, 9.17) is 14.6 Å². The van der Waals surface area contributed by atoms with Crippen molar-refractivity contribution in [1.29, 1.82) is 0 Å². The monoisotopic (exact) mass is 370 g/mol. The van der Waals surface area contributed by atoms with Crippen molar-refractivity contribution in [3.63, 3.8) is 0 Å². The molecule has 2 unspecified atom stereocenters. The average Bonchev–Trinajstić information content (AvgIpc) is 2.67. The number of para-hydroxylation sites is 1. The van der Waals surface area contributed by atoms with Gasteiger partial charge in [-0.1, -0.05) is 24.3 Å². The second-order valence-electron chi connectivity index (χ2n) is 6.16. The van der Waals surface area contributed by atoms with E-state index in [1.54, 1.807) is 25.1 Å². The Morgan fingerprint density at radius 2 is 1.89 bits per heavy atom. The Bertz CT molecular complexity index is 806. The molecular weight excluding hydrogens is 348 g/mol. The third-order valence-electron chi connectivity index (χ3n) is 4.21. The highest BCUT2D eigenvalue weighted by Gasteiger charge is 2.23. The summed E-state index contributed by atoms with van der Waals surface area (Å²) < 4.78 is 11.0. The fourth-order valence-electron chi connectivity index (χ4n) is 2.88. The molecule has 0 aromatic heterocycles. The predicted octanol–water partition coefficient (Wildman–Crippen LogP) is 2.28. The molecule has 3 N–H and O–H groups in total. The fraction of sp³-hybridized carbons (Fsp3) is 0.300. The van der Waals surface area contributed by atoms with E-state index in [-0.39, 0.29) is 18.7 Å². The zero-order valence-corrected chi connectivity index (χ0v) is 15.0. The number of fused-ring (bicyclic) bond motifs is 1. The van der Waals surface area contributed by atoms with Crippen LogP contribution in [0.1, 0.15) is 22.8 Å². The van der Waals surface area contributed by atoms with Crippen LogP contribution in [0.25, 0.3) is 0 Å². The van der Waals surface area contributed by atoms with Gasteiger partial charge in [-0.3, -0.25) is 4.79 Å². The molecule has 0 fully saturated rings. The number of amides is 1. The lowest BCUT2D eigenvalue weighted by Gasteiger charge is -2.27. The van der Waals surface area contributed by atoms with Gasteiger partial charge in [0, 0.05) is 18.7 Å². The quantitative estimate of drug-likeness (QED) is 0.660. The number of nitrogens with one attached hydrogen (secondary N) is 2. The van der Waals surface area contributed by atoms with Gasteiger partial charge in [-0.25, -0.2) is 4.79 Å². The first-order valence-corrected chi connectivity index (χ1v) is 8.79. The SMILES string of the molecule is CCOC(Cc1ccc(OCC2NC(=O)c3ccccc3N2)cc1)C(=O)O. The molecule has 0 spiro atoms. The van der Waals surface area contributed by atoms with Crippen molar-refractivity contribution in [1.82, 2.24) is 5.32 Å². The molecule has 142 valence electrons. The lowest BCUT2D eigenvalue weighted by molar-refractivity contribution is -0.149. The smallest absolute Gasteiger partial charge is 0.333 e. The normalized spacial score (nSPS) is 16.6. The van der Waals surface area contributed by atoms with Gasteiger partial charge < -0.3 is 25.2 Å². The van der Waals surface area contributed by atoms with Gasteiger partial charge in [-0.15, -0.1) is 0 Å². The minimum Gasteiger partial charge on any atom is -0.489 e. The van der Waals surface area contributed by atoms with E-state index in [0.29, 0.717) is 24.3 Å². The predicted molar refractivity (Wildman–Crippen MR) is 100 cm³/mol. The maximum Gasteiger partial charge on any atom is 0.333 e. The van der Waals surface area contributed by atoms with Crippen molar-refractivity contribution in [2.24, 2.45) is 0 Å². The van der Waals surface area contributed by atoms with E-state index in [2.05, 4.69) is 10.6 Å². The van der Waals surface area contributed by atoms with Gasteiger partial charge in [0.2, 0.25) is 0 Å². The van der Waals surface area contributed by atoms with Crippen molar-refractivity contribution < 1.29 is 24.2 Å². The molecule has 1 amide bonds. The maximum absolute atomic E-state index is 12.1. The molecule has 1 aliphatic rings. The van der Waals surface area contributed by atoms with Crippen molar-refractivity contribution >= 4 is 17.6 Å².